The van der Waals surface area contributed by atoms with Gasteiger partial charge in [-0.1, -0.05) is 6.58 Å². The molecular weight excluding hydrogens is 269 g/mol. The van der Waals surface area contributed by atoms with Crippen LogP contribution >= 0.6 is 11.6 Å². The van der Waals surface area contributed by atoms with Crippen LogP contribution < -0.4 is 0 Å². The van der Waals surface area contributed by atoms with Gasteiger partial charge in [0.15, 0.2) is 0 Å². The van der Waals surface area contributed by atoms with E-state index in [1.54, 1.807) is 11.8 Å². The van der Waals surface area contributed by atoms with E-state index >= 15 is 0 Å². The summed E-state index contributed by atoms with van der Waals surface area (Å²) in [7, 11) is 0. The number of rotatable bonds is 4. The molecule has 0 saturated carbocycles. The lowest BCUT2D eigenvalue weighted by atomic mass is 10.1. The summed E-state index contributed by atoms with van der Waals surface area (Å²) in [4.78, 5) is 16.7. The molecule has 1 amide bonds. The van der Waals surface area contributed by atoms with Crippen molar-refractivity contribution in [3.8, 4) is 0 Å². The summed E-state index contributed by atoms with van der Waals surface area (Å²) in [5, 5.41) is 0. The molecule has 0 aromatic rings. The Bertz CT molecular complexity index is 379. The van der Waals surface area contributed by atoms with Crippen molar-refractivity contribution in [2.45, 2.75) is 32.0 Å². The number of alkyl halides is 4. The van der Waals surface area contributed by atoms with Gasteiger partial charge in [0.2, 0.25) is 0 Å². The van der Waals surface area contributed by atoms with Crippen LogP contribution in [-0.4, -0.2) is 41.3 Å². The molecule has 0 saturated heterocycles. The molecule has 1 heterocycles. The average Bonchev–Trinajstić information content (AvgIpc) is 2.27. The van der Waals surface area contributed by atoms with Gasteiger partial charge in [0, 0.05) is 18.5 Å². The van der Waals surface area contributed by atoms with Crippen molar-refractivity contribution in [2.75, 3.05) is 12.4 Å². The van der Waals surface area contributed by atoms with Gasteiger partial charge < -0.3 is 4.90 Å². The second-order valence-corrected chi connectivity index (χ2v) is 4.35. The molecule has 7 heteroatoms. The molecule has 0 bridgehead atoms. The molecule has 0 aliphatic carbocycles. The molecule has 0 aromatic carbocycles. The number of nitrogens with zero attached hydrogens (tertiary/aromatic N) is 2. The number of amides is 1. The maximum Gasteiger partial charge on any atom is 0.389 e. The van der Waals surface area contributed by atoms with Gasteiger partial charge in [-0.3, -0.25) is 4.79 Å². The lowest BCUT2D eigenvalue weighted by Gasteiger charge is -2.35. The van der Waals surface area contributed by atoms with Crippen LogP contribution in [0.4, 0.5) is 13.2 Å². The second kappa shape index (κ2) is 5.73. The fourth-order valence-corrected chi connectivity index (χ4v) is 1.94. The molecule has 18 heavy (non-hydrogen) atoms. The molecule has 1 rings (SSSR count). The van der Waals surface area contributed by atoms with E-state index in [2.05, 4.69) is 11.6 Å². The summed E-state index contributed by atoms with van der Waals surface area (Å²) in [5.41, 5.74) is 0.274. The Morgan fingerprint density at radius 3 is 2.61 bits per heavy atom. The Kier molecular flexibility index (Phi) is 4.78. The third-order valence-corrected chi connectivity index (χ3v) is 3.03. The maximum absolute atomic E-state index is 12.1. The molecule has 0 spiro atoms. The summed E-state index contributed by atoms with van der Waals surface area (Å²) >= 11 is 5.65. The third-order valence-electron chi connectivity index (χ3n) is 2.79. The van der Waals surface area contributed by atoms with Crippen LogP contribution in [0.25, 0.3) is 0 Å². The van der Waals surface area contributed by atoms with Gasteiger partial charge in [-0.05, 0) is 13.3 Å². The third kappa shape index (κ3) is 3.73. The normalized spacial score (nSPS) is 21.3. The summed E-state index contributed by atoms with van der Waals surface area (Å²) in [6, 6.07) is -0.364. The number of hydrogen-bond acceptors (Lipinski definition) is 2. The number of carbonyl (C=O) groups is 1. The average molecular weight is 283 g/mol. The van der Waals surface area contributed by atoms with Gasteiger partial charge >= 0.3 is 6.18 Å². The van der Waals surface area contributed by atoms with Gasteiger partial charge in [-0.15, -0.1) is 11.6 Å². The zero-order chi connectivity index (χ0) is 13.9. The SMILES string of the molecule is C=C1C(=O)N=C(CCl)N(CCCC(F)(F)F)C1C. The molecule has 1 aliphatic rings. The first kappa shape index (κ1) is 15.0. The molecule has 1 unspecified atom stereocenters. The minimum Gasteiger partial charge on any atom is -0.352 e. The topological polar surface area (TPSA) is 32.7 Å². The van der Waals surface area contributed by atoms with E-state index in [9.17, 15) is 18.0 Å². The lowest BCUT2D eigenvalue weighted by Crippen LogP contribution is -2.46. The maximum atomic E-state index is 12.1. The Balaban J connectivity index is 2.70. The molecule has 102 valence electrons. The van der Waals surface area contributed by atoms with Crippen LogP contribution in [0.5, 0.6) is 0 Å². The predicted molar refractivity (Wildman–Crippen MR) is 63.8 cm³/mol. The van der Waals surface area contributed by atoms with E-state index in [1.165, 1.54) is 0 Å². The number of hydrogen-bond donors (Lipinski definition) is 0. The van der Waals surface area contributed by atoms with Crippen molar-refractivity contribution in [1.82, 2.24) is 4.90 Å². The summed E-state index contributed by atoms with van der Waals surface area (Å²) < 4.78 is 36.2. The molecule has 0 radical (unpaired) electrons. The number of carbonyl (C=O) groups excluding carboxylic acids is 1. The Morgan fingerprint density at radius 2 is 2.11 bits per heavy atom. The van der Waals surface area contributed by atoms with E-state index < -0.39 is 18.5 Å². The first-order valence-electron chi connectivity index (χ1n) is 5.46. The Labute approximate surface area is 108 Å². The van der Waals surface area contributed by atoms with E-state index in [4.69, 9.17) is 11.6 Å². The van der Waals surface area contributed by atoms with Crippen LogP contribution in [0.1, 0.15) is 19.8 Å². The molecule has 1 atom stereocenters. The first-order valence-corrected chi connectivity index (χ1v) is 5.99. The van der Waals surface area contributed by atoms with Crippen LogP contribution in [0.15, 0.2) is 17.1 Å². The standard InChI is InChI=1S/C11H14ClF3N2O/c1-7-8(2)17(5-3-4-11(13,14)15)9(6-12)16-10(7)18/h8H,1,3-6H2,2H3. The lowest BCUT2D eigenvalue weighted by molar-refractivity contribution is -0.136. The largest absolute Gasteiger partial charge is 0.389 e. The van der Waals surface area contributed by atoms with E-state index in [0.717, 1.165) is 0 Å². The molecule has 1 aliphatic heterocycles. The quantitative estimate of drug-likeness (QED) is 0.587. The Hall–Kier alpha value is -1.04. The monoisotopic (exact) mass is 282 g/mol. The van der Waals surface area contributed by atoms with E-state index in [1.807, 2.05) is 0 Å². The van der Waals surface area contributed by atoms with Crippen LogP contribution in [0, 0.1) is 0 Å². The van der Waals surface area contributed by atoms with E-state index in [0.29, 0.717) is 5.84 Å². The molecule has 3 nitrogen and oxygen atoms in total. The van der Waals surface area contributed by atoms with Crippen molar-refractivity contribution in [3.05, 3.63) is 12.2 Å². The predicted octanol–water partition coefficient (Wildman–Crippen LogP) is 2.75. The summed E-state index contributed by atoms with van der Waals surface area (Å²) in [6.45, 7) is 5.44. The van der Waals surface area contributed by atoms with Gasteiger partial charge in [-0.25, -0.2) is 0 Å². The minimum absolute atomic E-state index is 0.00459. The number of aliphatic imine (C=N–C) groups is 1. The smallest absolute Gasteiger partial charge is 0.352 e. The summed E-state index contributed by atoms with van der Waals surface area (Å²) in [5.74, 6) is -0.149. The fraction of sp³-hybridized carbons (Fsp3) is 0.636. The highest BCUT2D eigenvalue weighted by molar-refractivity contribution is 6.29. The second-order valence-electron chi connectivity index (χ2n) is 4.08. The zero-order valence-electron chi connectivity index (χ0n) is 9.93. The molecule has 0 N–H and O–H groups in total. The first-order chi connectivity index (χ1) is 8.26. The van der Waals surface area contributed by atoms with Gasteiger partial charge in [0.1, 0.15) is 5.84 Å². The fourth-order valence-electron chi connectivity index (χ4n) is 1.72. The van der Waals surface area contributed by atoms with Crippen molar-refractivity contribution in [1.29, 1.82) is 0 Å². The van der Waals surface area contributed by atoms with Crippen LogP contribution in [0.3, 0.4) is 0 Å². The van der Waals surface area contributed by atoms with Crippen molar-refractivity contribution in [3.63, 3.8) is 0 Å². The van der Waals surface area contributed by atoms with Crippen molar-refractivity contribution in [2.24, 2.45) is 4.99 Å². The highest BCUT2D eigenvalue weighted by atomic mass is 35.5. The van der Waals surface area contributed by atoms with Gasteiger partial charge in [0.05, 0.1) is 11.9 Å². The summed E-state index contributed by atoms with van der Waals surface area (Å²) in [6.07, 6.45) is -5.11. The van der Waals surface area contributed by atoms with Crippen LogP contribution in [-0.2, 0) is 4.79 Å². The molecular formula is C11H14ClF3N2O. The highest BCUT2D eigenvalue weighted by Gasteiger charge is 2.31. The van der Waals surface area contributed by atoms with Crippen molar-refractivity contribution >= 4 is 23.3 Å². The number of halogens is 4. The highest BCUT2D eigenvalue weighted by Crippen LogP contribution is 2.23. The van der Waals surface area contributed by atoms with Crippen molar-refractivity contribution < 1.29 is 18.0 Å². The van der Waals surface area contributed by atoms with Crippen LogP contribution in [0.2, 0.25) is 0 Å². The van der Waals surface area contributed by atoms with Gasteiger partial charge in [0.25, 0.3) is 5.91 Å². The minimum atomic E-state index is -4.18. The molecule has 0 aromatic heterocycles. The molecule has 0 fully saturated rings. The van der Waals surface area contributed by atoms with Gasteiger partial charge in [-0.2, -0.15) is 18.2 Å². The number of amidine groups is 1. The van der Waals surface area contributed by atoms with E-state index in [-0.39, 0.29) is 30.5 Å². The zero-order valence-corrected chi connectivity index (χ0v) is 10.7. The Morgan fingerprint density at radius 1 is 1.50 bits per heavy atom.